The number of carbonyl (C=O) groups is 1. The first-order chi connectivity index (χ1) is 13.7. The van der Waals surface area contributed by atoms with Crippen LogP contribution in [0.5, 0.6) is 5.88 Å². The lowest BCUT2D eigenvalue weighted by atomic mass is 10.1. The van der Waals surface area contributed by atoms with Crippen LogP contribution in [0, 0.1) is 11.3 Å². The molecule has 1 aliphatic heterocycles. The van der Waals surface area contributed by atoms with Crippen LogP contribution in [-0.2, 0) is 0 Å². The Morgan fingerprint density at radius 2 is 2.29 bits per heavy atom. The maximum absolute atomic E-state index is 12.8. The highest BCUT2D eigenvalue weighted by Gasteiger charge is 2.19. The lowest BCUT2D eigenvalue weighted by molar-refractivity contribution is 0.102. The van der Waals surface area contributed by atoms with Gasteiger partial charge in [0.1, 0.15) is 29.5 Å². The molecule has 1 atom stereocenters. The third-order valence-electron chi connectivity index (χ3n) is 4.50. The van der Waals surface area contributed by atoms with Crippen molar-refractivity contribution in [2.75, 3.05) is 11.9 Å². The summed E-state index contributed by atoms with van der Waals surface area (Å²) in [5.41, 5.74) is 1.08. The first-order valence-electron chi connectivity index (χ1n) is 8.87. The molecular formula is C19H17N7O2. The number of ether oxygens (including phenoxy) is 1. The van der Waals surface area contributed by atoms with Crippen LogP contribution < -0.4 is 10.1 Å². The fraction of sp³-hybridized carbons (Fsp3) is 0.263. The number of nitrogens with one attached hydrogen (secondary N) is 1. The van der Waals surface area contributed by atoms with E-state index in [4.69, 9.17) is 10.00 Å². The molecule has 4 rings (SSSR count). The van der Waals surface area contributed by atoms with Crippen molar-refractivity contribution in [2.45, 2.75) is 25.8 Å². The number of pyridine rings is 2. The Balaban J connectivity index is 1.77. The molecule has 0 saturated carbocycles. The number of carbonyl (C=O) groups excluding carboxylic acids is 1. The van der Waals surface area contributed by atoms with E-state index < -0.39 is 5.91 Å². The normalized spacial score (nSPS) is 16.6. The highest BCUT2D eigenvalue weighted by atomic mass is 16.5. The summed E-state index contributed by atoms with van der Waals surface area (Å²) in [5, 5.41) is 20.1. The zero-order valence-electron chi connectivity index (χ0n) is 15.2. The molecular weight excluding hydrogens is 358 g/mol. The molecule has 140 valence electrons. The molecule has 9 heteroatoms. The highest BCUT2D eigenvalue weighted by Crippen LogP contribution is 2.24. The molecule has 1 amide bonds. The third kappa shape index (κ3) is 3.40. The van der Waals surface area contributed by atoms with Gasteiger partial charge in [0.2, 0.25) is 5.88 Å². The van der Waals surface area contributed by atoms with Crippen LogP contribution in [0.15, 0.2) is 36.8 Å². The van der Waals surface area contributed by atoms with Gasteiger partial charge >= 0.3 is 0 Å². The summed E-state index contributed by atoms with van der Waals surface area (Å²) in [7, 11) is 0. The standard InChI is InChI=1S/C19H17N7O2/c1-12-4-3-7-28-19-14(8-13(9-20)10-21-19)18(27)24-16-6-2-5-15(23-16)17-25-22-11-26(12)17/h2,5-6,8,10-12H,3-4,7H2,1H3,(H,23,24,27). The summed E-state index contributed by atoms with van der Waals surface area (Å²) in [6.07, 6.45) is 4.64. The minimum absolute atomic E-state index is 0.144. The second-order valence-electron chi connectivity index (χ2n) is 6.45. The van der Waals surface area contributed by atoms with E-state index >= 15 is 0 Å². The molecule has 1 unspecified atom stereocenters. The van der Waals surface area contributed by atoms with Crippen LogP contribution in [0.25, 0.3) is 11.5 Å². The average Bonchev–Trinajstić information content (AvgIpc) is 3.20. The Kier molecular flexibility index (Phi) is 4.68. The van der Waals surface area contributed by atoms with E-state index in [0.29, 0.717) is 23.9 Å². The maximum Gasteiger partial charge on any atom is 0.262 e. The van der Waals surface area contributed by atoms with E-state index in [1.165, 1.54) is 12.3 Å². The van der Waals surface area contributed by atoms with Crippen molar-refractivity contribution in [3.63, 3.8) is 0 Å². The molecule has 1 aliphatic rings. The molecule has 4 heterocycles. The minimum atomic E-state index is -0.448. The van der Waals surface area contributed by atoms with Gasteiger partial charge in [0, 0.05) is 12.2 Å². The molecule has 0 spiro atoms. The highest BCUT2D eigenvalue weighted by molar-refractivity contribution is 6.05. The predicted molar refractivity (Wildman–Crippen MR) is 99.6 cm³/mol. The van der Waals surface area contributed by atoms with Crippen molar-refractivity contribution >= 4 is 11.7 Å². The van der Waals surface area contributed by atoms with Crippen LogP contribution in [0.3, 0.4) is 0 Å². The Morgan fingerprint density at radius 3 is 3.14 bits per heavy atom. The molecule has 9 nitrogen and oxygen atoms in total. The molecule has 28 heavy (non-hydrogen) atoms. The van der Waals surface area contributed by atoms with Crippen LogP contribution in [0.1, 0.15) is 41.7 Å². The summed E-state index contributed by atoms with van der Waals surface area (Å²) in [4.78, 5) is 21.4. The van der Waals surface area contributed by atoms with E-state index in [1.54, 1.807) is 18.5 Å². The van der Waals surface area contributed by atoms with Crippen LogP contribution in [-0.4, -0.2) is 37.2 Å². The van der Waals surface area contributed by atoms with E-state index in [1.807, 2.05) is 16.7 Å². The fourth-order valence-corrected chi connectivity index (χ4v) is 3.04. The Hall–Kier alpha value is -3.80. The zero-order valence-corrected chi connectivity index (χ0v) is 15.2. The summed E-state index contributed by atoms with van der Waals surface area (Å²) in [5.74, 6) is 0.740. The Bertz CT molecular complexity index is 1070. The second kappa shape index (κ2) is 7.44. The number of nitriles is 1. The SMILES string of the molecule is CC1CCCOc2ncc(C#N)cc2C(=O)Nc2cccc(n2)-c2nncn21. The minimum Gasteiger partial charge on any atom is -0.477 e. The number of fused-ring (bicyclic) bond motifs is 5. The van der Waals surface area contributed by atoms with E-state index in [2.05, 4.69) is 32.4 Å². The molecule has 0 aromatic carbocycles. The van der Waals surface area contributed by atoms with Gasteiger partial charge in [0.25, 0.3) is 5.91 Å². The molecule has 0 saturated heterocycles. The van der Waals surface area contributed by atoms with Gasteiger partial charge in [-0.25, -0.2) is 9.97 Å². The van der Waals surface area contributed by atoms with E-state index in [9.17, 15) is 4.79 Å². The van der Waals surface area contributed by atoms with Crippen molar-refractivity contribution in [2.24, 2.45) is 0 Å². The number of rotatable bonds is 0. The summed E-state index contributed by atoms with van der Waals surface area (Å²) >= 11 is 0. The van der Waals surface area contributed by atoms with Gasteiger partial charge in [0.15, 0.2) is 5.82 Å². The van der Waals surface area contributed by atoms with Crippen molar-refractivity contribution in [1.82, 2.24) is 24.7 Å². The van der Waals surface area contributed by atoms with Gasteiger partial charge in [-0.05, 0) is 38.0 Å². The first-order valence-corrected chi connectivity index (χ1v) is 8.87. The number of hydrogen-bond donors (Lipinski definition) is 1. The van der Waals surface area contributed by atoms with Gasteiger partial charge in [-0.1, -0.05) is 6.07 Å². The summed E-state index contributed by atoms with van der Waals surface area (Å²) in [6, 6.07) is 8.89. The molecule has 3 aromatic rings. The van der Waals surface area contributed by atoms with Crippen molar-refractivity contribution in [3.05, 3.63) is 47.9 Å². The molecule has 3 aromatic heterocycles. The smallest absolute Gasteiger partial charge is 0.262 e. The number of amides is 1. The molecule has 1 N–H and O–H groups in total. The Labute approximate surface area is 161 Å². The van der Waals surface area contributed by atoms with Crippen molar-refractivity contribution in [3.8, 4) is 23.5 Å². The van der Waals surface area contributed by atoms with Crippen LogP contribution >= 0.6 is 0 Å². The van der Waals surface area contributed by atoms with Crippen molar-refractivity contribution < 1.29 is 9.53 Å². The fourth-order valence-electron chi connectivity index (χ4n) is 3.04. The molecule has 0 radical (unpaired) electrons. The number of anilines is 1. The zero-order chi connectivity index (χ0) is 19.5. The summed E-state index contributed by atoms with van der Waals surface area (Å²) in [6.45, 7) is 2.47. The van der Waals surface area contributed by atoms with E-state index in [-0.39, 0.29) is 23.0 Å². The number of aromatic nitrogens is 5. The number of nitrogens with zero attached hydrogens (tertiary/aromatic N) is 6. The van der Waals surface area contributed by atoms with Gasteiger partial charge in [-0.2, -0.15) is 5.26 Å². The molecule has 0 fully saturated rings. The molecule has 2 bridgehead atoms. The lowest BCUT2D eigenvalue weighted by Crippen LogP contribution is -2.17. The second-order valence-corrected chi connectivity index (χ2v) is 6.45. The maximum atomic E-state index is 12.8. The van der Waals surface area contributed by atoms with Crippen molar-refractivity contribution in [1.29, 1.82) is 5.26 Å². The van der Waals surface area contributed by atoms with Crippen LogP contribution in [0.4, 0.5) is 5.82 Å². The van der Waals surface area contributed by atoms with Gasteiger partial charge < -0.3 is 14.6 Å². The van der Waals surface area contributed by atoms with Gasteiger partial charge in [-0.15, -0.1) is 10.2 Å². The molecule has 0 aliphatic carbocycles. The largest absolute Gasteiger partial charge is 0.477 e. The van der Waals surface area contributed by atoms with Gasteiger partial charge in [0.05, 0.1) is 12.2 Å². The average molecular weight is 375 g/mol. The monoisotopic (exact) mass is 375 g/mol. The quantitative estimate of drug-likeness (QED) is 0.641. The Morgan fingerprint density at radius 1 is 1.39 bits per heavy atom. The van der Waals surface area contributed by atoms with Gasteiger partial charge in [-0.3, -0.25) is 4.79 Å². The predicted octanol–water partition coefficient (Wildman–Crippen LogP) is 2.59. The van der Waals surface area contributed by atoms with Crippen LogP contribution in [0.2, 0.25) is 0 Å². The first kappa shape index (κ1) is 17.6. The van der Waals surface area contributed by atoms with E-state index in [0.717, 1.165) is 12.8 Å². The third-order valence-corrected chi connectivity index (χ3v) is 4.50. The summed E-state index contributed by atoms with van der Waals surface area (Å²) < 4.78 is 7.70. The number of hydrogen-bond acceptors (Lipinski definition) is 7. The topological polar surface area (TPSA) is 119 Å². The lowest BCUT2D eigenvalue weighted by Gasteiger charge is -2.17.